The predicted octanol–water partition coefficient (Wildman–Crippen LogP) is 1.62. The molecule has 0 amide bonds. The highest BCUT2D eigenvalue weighted by Crippen LogP contribution is 2.20. The summed E-state index contributed by atoms with van der Waals surface area (Å²) in [6, 6.07) is 6.96. The summed E-state index contributed by atoms with van der Waals surface area (Å²) in [5.41, 5.74) is 0.583. The zero-order valence-corrected chi connectivity index (χ0v) is 12.7. The summed E-state index contributed by atoms with van der Waals surface area (Å²) in [7, 11) is -3.69. The first kappa shape index (κ1) is 15.3. The van der Waals surface area contributed by atoms with E-state index in [0.29, 0.717) is 5.69 Å². The molecule has 1 aromatic carbocycles. The average Bonchev–Trinajstić information content (AvgIpc) is 2.39. The molecule has 1 heterocycles. The Labute approximate surface area is 121 Å². The number of piperidine rings is 1. The van der Waals surface area contributed by atoms with Gasteiger partial charge in [-0.1, -0.05) is 18.6 Å². The van der Waals surface area contributed by atoms with Crippen LogP contribution in [0.15, 0.2) is 29.2 Å². The van der Waals surface area contributed by atoms with E-state index in [4.69, 9.17) is 5.14 Å². The van der Waals surface area contributed by atoms with E-state index in [1.54, 1.807) is 12.1 Å². The average molecular weight is 297 g/mol. The van der Waals surface area contributed by atoms with Crippen molar-refractivity contribution in [3.05, 3.63) is 24.3 Å². The summed E-state index contributed by atoms with van der Waals surface area (Å²) in [5, 5.41) is 8.50. The van der Waals surface area contributed by atoms with Crippen molar-refractivity contribution >= 4 is 15.7 Å². The van der Waals surface area contributed by atoms with Crippen LogP contribution in [0.4, 0.5) is 5.69 Å². The van der Waals surface area contributed by atoms with E-state index in [2.05, 4.69) is 17.1 Å². The molecule has 1 aliphatic heterocycles. The quantitative estimate of drug-likeness (QED) is 0.866. The number of rotatable bonds is 5. The summed E-state index contributed by atoms with van der Waals surface area (Å²) < 4.78 is 23.1. The van der Waals surface area contributed by atoms with Crippen molar-refractivity contribution < 1.29 is 8.42 Å². The Morgan fingerprint density at radius 1 is 1.25 bits per heavy atom. The minimum atomic E-state index is -3.69. The van der Waals surface area contributed by atoms with Crippen molar-refractivity contribution in [2.24, 2.45) is 5.14 Å². The van der Waals surface area contributed by atoms with Gasteiger partial charge in [-0.15, -0.1) is 0 Å². The maximum atomic E-state index is 11.6. The molecule has 3 N–H and O–H groups in total. The zero-order chi connectivity index (χ0) is 14.6. The largest absolute Gasteiger partial charge is 0.380 e. The van der Waals surface area contributed by atoms with Gasteiger partial charge < -0.3 is 10.2 Å². The molecule has 0 aliphatic carbocycles. The SMILES string of the molecule is CC(CN1CCCCC1)Nc1ccccc1S(N)(=O)=O. The lowest BCUT2D eigenvalue weighted by Gasteiger charge is -2.30. The number of benzene rings is 1. The lowest BCUT2D eigenvalue weighted by molar-refractivity contribution is 0.223. The standard InChI is InChI=1S/C14H23N3O2S/c1-12(11-17-9-5-2-6-10-17)16-13-7-3-4-8-14(13)20(15,18)19/h3-4,7-8,12,16H,2,5-6,9-11H2,1H3,(H2,15,18,19). The van der Waals surface area contributed by atoms with Gasteiger partial charge in [0.25, 0.3) is 0 Å². The van der Waals surface area contributed by atoms with Crippen molar-refractivity contribution in [2.75, 3.05) is 25.0 Å². The van der Waals surface area contributed by atoms with Crippen LogP contribution in [-0.2, 0) is 10.0 Å². The smallest absolute Gasteiger partial charge is 0.240 e. The molecule has 1 saturated heterocycles. The molecule has 0 aromatic heterocycles. The molecule has 1 aromatic rings. The van der Waals surface area contributed by atoms with Crippen LogP contribution in [0.1, 0.15) is 26.2 Å². The maximum absolute atomic E-state index is 11.6. The second kappa shape index (κ2) is 6.56. The highest BCUT2D eigenvalue weighted by atomic mass is 32.2. The molecule has 0 bridgehead atoms. The van der Waals surface area contributed by atoms with E-state index in [1.165, 1.54) is 25.3 Å². The van der Waals surface area contributed by atoms with Gasteiger partial charge in [0.05, 0.1) is 5.69 Å². The van der Waals surface area contributed by atoms with E-state index in [0.717, 1.165) is 19.6 Å². The van der Waals surface area contributed by atoms with Crippen molar-refractivity contribution in [1.29, 1.82) is 0 Å². The van der Waals surface area contributed by atoms with Crippen molar-refractivity contribution in [1.82, 2.24) is 4.90 Å². The Balaban J connectivity index is 2.02. The third-order valence-electron chi connectivity index (χ3n) is 3.58. The number of nitrogens with one attached hydrogen (secondary N) is 1. The predicted molar refractivity (Wildman–Crippen MR) is 81.2 cm³/mol. The summed E-state index contributed by atoms with van der Waals surface area (Å²) in [4.78, 5) is 2.58. The van der Waals surface area contributed by atoms with Crippen LogP contribution >= 0.6 is 0 Å². The van der Waals surface area contributed by atoms with E-state index in [9.17, 15) is 8.42 Å². The fourth-order valence-electron chi connectivity index (χ4n) is 2.67. The number of hydrogen-bond acceptors (Lipinski definition) is 4. The highest BCUT2D eigenvalue weighted by molar-refractivity contribution is 7.89. The summed E-state index contributed by atoms with van der Waals surface area (Å²) in [5.74, 6) is 0. The van der Waals surface area contributed by atoms with Crippen LogP contribution in [0.5, 0.6) is 0 Å². The topological polar surface area (TPSA) is 75.4 Å². The van der Waals surface area contributed by atoms with Gasteiger partial charge in [-0.25, -0.2) is 13.6 Å². The summed E-state index contributed by atoms with van der Waals surface area (Å²) in [6.07, 6.45) is 3.81. The molecule has 2 rings (SSSR count). The number of primary sulfonamides is 1. The van der Waals surface area contributed by atoms with Gasteiger partial charge in [-0.05, 0) is 45.0 Å². The molecule has 5 nitrogen and oxygen atoms in total. The van der Waals surface area contributed by atoms with Crippen LogP contribution in [0.2, 0.25) is 0 Å². The molecular formula is C14H23N3O2S. The number of para-hydroxylation sites is 1. The Hall–Kier alpha value is -1.11. The van der Waals surface area contributed by atoms with Gasteiger partial charge in [-0.3, -0.25) is 0 Å². The molecule has 1 atom stereocenters. The van der Waals surface area contributed by atoms with Crippen LogP contribution < -0.4 is 10.5 Å². The third-order valence-corrected chi connectivity index (χ3v) is 4.55. The van der Waals surface area contributed by atoms with E-state index in [-0.39, 0.29) is 10.9 Å². The number of sulfonamides is 1. The summed E-state index contributed by atoms with van der Waals surface area (Å²) >= 11 is 0. The Morgan fingerprint density at radius 2 is 1.90 bits per heavy atom. The van der Waals surface area contributed by atoms with Crippen molar-refractivity contribution in [3.63, 3.8) is 0 Å². The molecule has 20 heavy (non-hydrogen) atoms. The first-order chi connectivity index (χ1) is 9.47. The molecule has 0 radical (unpaired) electrons. The normalized spacial score (nSPS) is 18.7. The van der Waals surface area contributed by atoms with E-state index >= 15 is 0 Å². The number of likely N-dealkylation sites (tertiary alicyclic amines) is 1. The van der Waals surface area contributed by atoms with Crippen LogP contribution in [-0.4, -0.2) is 39.0 Å². The van der Waals surface area contributed by atoms with Crippen LogP contribution in [0, 0.1) is 0 Å². The number of nitrogens with two attached hydrogens (primary N) is 1. The molecular weight excluding hydrogens is 274 g/mol. The highest BCUT2D eigenvalue weighted by Gasteiger charge is 2.17. The molecule has 1 aliphatic rings. The zero-order valence-electron chi connectivity index (χ0n) is 11.9. The number of nitrogens with zero attached hydrogens (tertiary/aromatic N) is 1. The Bertz CT molecular complexity index is 539. The fraction of sp³-hybridized carbons (Fsp3) is 0.571. The van der Waals surface area contributed by atoms with Gasteiger partial charge in [0.2, 0.25) is 10.0 Å². The maximum Gasteiger partial charge on any atom is 0.240 e. The molecule has 1 unspecified atom stereocenters. The molecule has 0 saturated carbocycles. The van der Waals surface area contributed by atoms with E-state index < -0.39 is 10.0 Å². The Morgan fingerprint density at radius 3 is 2.55 bits per heavy atom. The van der Waals surface area contributed by atoms with E-state index in [1.807, 2.05) is 6.07 Å². The first-order valence-corrected chi connectivity index (χ1v) is 8.62. The minimum Gasteiger partial charge on any atom is -0.380 e. The first-order valence-electron chi connectivity index (χ1n) is 7.07. The van der Waals surface area contributed by atoms with Gasteiger partial charge in [0.1, 0.15) is 4.90 Å². The molecule has 6 heteroatoms. The van der Waals surface area contributed by atoms with Gasteiger partial charge in [0, 0.05) is 12.6 Å². The van der Waals surface area contributed by atoms with Crippen molar-refractivity contribution in [3.8, 4) is 0 Å². The summed E-state index contributed by atoms with van der Waals surface area (Å²) in [6.45, 7) is 5.24. The second-order valence-corrected chi connectivity index (χ2v) is 6.98. The third kappa shape index (κ3) is 4.19. The fourth-order valence-corrected chi connectivity index (χ4v) is 3.38. The minimum absolute atomic E-state index is 0.158. The van der Waals surface area contributed by atoms with Crippen LogP contribution in [0.25, 0.3) is 0 Å². The lowest BCUT2D eigenvalue weighted by Crippen LogP contribution is -2.38. The molecule has 1 fully saturated rings. The van der Waals surface area contributed by atoms with Gasteiger partial charge >= 0.3 is 0 Å². The Kier molecular flexibility index (Phi) is 5.01. The van der Waals surface area contributed by atoms with Crippen LogP contribution in [0.3, 0.4) is 0 Å². The van der Waals surface area contributed by atoms with Gasteiger partial charge in [-0.2, -0.15) is 0 Å². The van der Waals surface area contributed by atoms with Crippen molar-refractivity contribution in [2.45, 2.75) is 37.1 Å². The number of anilines is 1. The monoisotopic (exact) mass is 297 g/mol. The molecule has 0 spiro atoms. The number of hydrogen-bond donors (Lipinski definition) is 2. The molecule has 112 valence electrons. The lowest BCUT2D eigenvalue weighted by atomic mass is 10.1. The second-order valence-electron chi connectivity index (χ2n) is 5.45. The van der Waals surface area contributed by atoms with Gasteiger partial charge in [0.15, 0.2) is 0 Å².